The molecule has 0 unspecified atom stereocenters. The minimum Gasteiger partial charge on any atom is -0.399 e. The quantitative estimate of drug-likeness (QED) is 0.754. The van der Waals surface area contributed by atoms with E-state index in [0.717, 1.165) is 12.2 Å². The van der Waals surface area contributed by atoms with E-state index in [1.54, 1.807) is 0 Å². The highest BCUT2D eigenvalue weighted by Gasteiger charge is 2.24. The van der Waals surface area contributed by atoms with Gasteiger partial charge in [-0.1, -0.05) is 13.8 Å². The third kappa shape index (κ3) is 3.56. The number of nitrogens with one attached hydrogen (secondary N) is 1. The van der Waals surface area contributed by atoms with Gasteiger partial charge in [0.15, 0.2) is 0 Å². The van der Waals surface area contributed by atoms with Crippen molar-refractivity contribution < 1.29 is 0 Å². The standard InChI is InChI=1S/C14H24N2S/c1-5-14(6-2,17-4)10-16-13-8-7-12(15)9-11(13)3/h7-9,16H,5-6,10,15H2,1-4H3. The Hall–Kier alpha value is -0.830. The molecule has 17 heavy (non-hydrogen) atoms. The van der Waals surface area contributed by atoms with Gasteiger partial charge in [0, 0.05) is 22.7 Å². The molecule has 0 aromatic heterocycles. The Morgan fingerprint density at radius 2 is 1.94 bits per heavy atom. The molecule has 3 N–H and O–H groups in total. The van der Waals surface area contributed by atoms with Gasteiger partial charge in [0.1, 0.15) is 0 Å². The van der Waals surface area contributed by atoms with Crippen LogP contribution in [0.4, 0.5) is 11.4 Å². The first-order valence-electron chi connectivity index (χ1n) is 6.22. The molecule has 0 aliphatic carbocycles. The number of benzene rings is 1. The lowest BCUT2D eigenvalue weighted by Gasteiger charge is -2.30. The summed E-state index contributed by atoms with van der Waals surface area (Å²) < 4.78 is 0.341. The Labute approximate surface area is 109 Å². The molecule has 1 aromatic rings. The first kappa shape index (κ1) is 14.2. The van der Waals surface area contributed by atoms with E-state index in [2.05, 4.69) is 38.4 Å². The molecule has 0 aliphatic rings. The molecule has 0 radical (unpaired) electrons. The van der Waals surface area contributed by atoms with E-state index >= 15 is 0 Å². The van der Waals surface area contributed by atoms with Gasteiger partial charge in [-0.3, -0.25) is 0 Å². The minimum absolute atomic E-state index is 0.341. The highest BCUT2D eigenvalue weighted by molar-refractivity contribution is 8.00. The van der Waals surface area contributed by atoms with Crippen molar-refractivity contribution in [3.63, 3.8) is 0 Å². The Morgan fingerprint density at radius 1 is 1.29 bits per heavy atom. The van der Waals surface area contributed by atoms with Crippen molar-refractivity contribution in [2.24, 2.45) is 0 Å². The van der Waals surface area contributed by atoms with E-state index in [1.807, 2.05) is 23.9 Å². The second kappa shape index (κ2) is 6.20. The molecule has 1 rings (SSSR count). The van der Waals surface area contributed by atoms with E-state index in [-0.39, 0.29) is 0 Å². The number of nitrogen functional groups attached to an aromatic ring is 1. The lowest BCUT2D eigenvalue weighted by molar-refractivity contribution is 0.574. The van der Waals surface area contributed by atoms with Gasteiger partial charge in [-0.15, -0.1) is 0 Å². The van der Waals surface area contributed by atoms with Crippen molar-refractivity contribution in [2.75, 3.05) is 23.9 Å². The summed E-state index contributed by atoms with van der Waals surface area (Å²) in [5.74, 6) is 0. The Bertz CT molecular complexity index is 351. The van der Waals surface area contributed by atoms with Crippen LogP contribution in [-0.4, -0.2) is 17.5 Å². The van der Waals surface area contributed by atoms with Crippen molar-refractivity contribution in [3.05, 3.63) is 23.8 Å². The Kier molecular flexibility index (Phi) is 5.19. The van der Waals surface area contributed by atoms with Crippen LogP contribution in [0.3, 0.4) is 0 Å². The van der Waals surface area contributed by atoms with Crippen molar-refractivity contribution >= 4 is 23.1 Å². The molecular formula is C14H24N2S. The first-order valence-corrected chi connectivity index (χ1v) is 7.44. The molecule has 0 heterocycles. The van der Waals surface area contributed by atoms with E-state index in [1.165, 1.54) is 24.1 Å². The molecule has 0 spiro atoms. The maximum absolute atomic E-state index is 5.76. The zero-order valence-electron chi connectivity index (χ0n) is 11.3. The number of nitrogens with two attached hydrogens (primary N) is 1. The van der Waals surface area contributed by atoms with Gasteiger partial charge >= 0.3 is 0 Å². The summed E-state index contributed by atoms with van der Waals surface area (Å²) in [6, 6.07) is 6.04. The maximum atomic E-state index is 5.76. The highest BCUT2D eigenvalue weighted by Crippen LogP contribution is 2.31. The van der Waals surface area contributed by atoms with E-state index in [9.17, 15) is 0 Å². The number of anilines is 2. The minimum atomic E-state index is 0.341. The zero-order valence-corrected chi connectivity index (χ0v) is 12.2. The summed E-state index contributed by atoms with van der Waals surface area (Å²) in [6.07, 6.45) is 4.57. The Balaban J connectivity index is 2.72. The van der Waals surface area contributed by atoms with Gasteiger partial charge in [-0.05, 0) is 49.8 Å². The summed E-state index contributed by atoms with van der Waals surface area (Å²) in [5, 5.41) is 3.56. The molecule has 0 amide bonds. The van der Waals surface area contributed by atoms with Crippen LogP contribution in [0.25, 0.3) is 0 Å². The maximum Gasteiger partial charge on any atom is 0.0371 e. The van der Waals surface area contributed by atoms with Crippen LogP contribution in [0.1, 0.15) is 32.3 Å². The fraction of sp³-hybridized carbons (Fsp3) is 0.571. The molecule has 0 saturated heterocycles. The van der Waals surface area contributed by atoms with Gasteiger partial charge in [-0.25, -0.2) is 0 Å². The predicted molar refractivity (Wildman–Crippen MR) is 80.9 cm³/mol. The molecule has 0 bridgehead atoms. The average molecular weight is 252 g/mol. The van der Waals surface area contributed by atoms with Crippen molar-refractivity contribution in [3.8, 4) is 0 Å². The van der Waals surface area contributed by atoms with Crippen LogP contribution in [0, 0.1) is 6.92 Å². The second-order valence-corrected chi connectivity index (χ2v) is 5.80. The summed E-state index contributed by atoms with van der Waals surface area (Å²) in [4.78, 5) is 0. The van der Waals surface area contributed by atoms with Crippen molar-refractivity contribution in [2.45, 2.75) is 38.4 Å². The summed E-state index contributed by atoms with van der Waals surface area (Å²) in [5.41, 5.74) is 8.99. The van der Waals surface area contributed by atoms with E-state index in [0.29, 0.717) is 4.75 Å². The molecule has 0 fully saturated rings. The molecule has 0 aliphatic heterocycles. The largest absolute Gasteiger partial charge is 0.399 e. The molecule has 2 nitrogen and oxygen atoms in total. The van der Waals surface area contributed by atoms with E-state index < -0.39 is 0 Å². The van der Waals surface area contributed by atoms with Crippen molar-refractivity contribution in [1.82, 2.24) is 0 Å². The molecular weight excluding hydrogens is 228 g/mol. The van der Waals surface area contributed by atoms with Crippen LogP contribution >= 0.6 is 11.8 Å². The van der Waals surface area contributed by atoms with E-state index in [4.69, 9.17) is 5.73 Å². The van der Waals surface area contributed by atoms with Crippen LogP contribution < -0.4 is 11.1 Å². The topological polar surface area (TPSA) is 38.0 Å². The van der Waals surface area contributed by atoms with Crippen LogP contribution in [0.15, 0.2) is 18.2 Å². The first-order chi connectivity index (χ1) is 8.06. The highest BCUT2D eigenvalue weighted by atomic mass is 32.2. The number of hydrogen-bond donors (Lipinski definition) is 2. The van der Waals surface area contributed by atoms with Gasteiger partial charge in [-0.2, -0.15) is 11.8 Å². The van der Waals surface area contributed by atoms with Crippen molar-refractivity contribution in [1.29, 1.82) is 0 Å². The predicted octanol–water partition coefficient (Wildman–Crippen LogP) is 3.91. The Morgan fingerprint density at radius 3 is 2.41 bits per heavy atom. The van der Waals surface area contributed by atoms with Gasteiger partial charge in [0.2, 0.25) is 0 Å². The SMILES string of the molecule is CCC(CC)(CNc1ccc(N)cc1C)SC. The fourth-order valence-electron chi connectivity index (χ4n) is 2.00. The van der Waals surface area contributed by atoms with Gasteiger partial charge < -0.3 is 11.1 Å². The summed E-state index contributed by atoms with van der Waals surface area (Å²) in [7, 11) is 0. The molecule has 96 valence electrons. The zero-order chi connectivity index (χ0) is 12.9. The number of aryl methyl sites for hydroxylation is 1. The monoisotopic (exact) mass is 252 g/mol. The van der Waals surface area contributed by atoms with Crippen LogP contribution in [-0.2, 0) is 0 Å². The summed E-state index contributed by atoms with van der Waals surface area (Å²) in [6.45, 7) is 7.62. The number of thioether (sulfide) groups is 1. The third-order valence-corrected chi connectivity index (χ3v) is 5.16. The lowest BCUT2D eigenvalue weighted by Crippen LogP contribution is -2.32. The second-order valence-electron chi connectivity index (χ2n) is 4.52. The third-order valence-electron chi connectivity index (χ3n) is 3.57. The molecule has 1 aromatic carbocycles. The molecule has 0 atom stereocenters. The molecule has 0 saturated carbocycles. The fourth-order valence-corrected chi connectivity index (χ4v) is 2.80. The number of hydrogen-bond acceptors (Lipinski definition) is 3. The average Bonchev–Trinajstić information content (AvgIpc) is 2.33. The molecule has 3 heteroatoms. The normalized spacial score (nSPS) is 11.5. The van der Waals surface area contributed by atoms with Crippen LogP contribution in [0.2, 0.25) is 0 Å². The van der Waals surface area contributed by atoms with Gasteiger partial charge in [0.05, 0.1) is 0 Å². The van der Waals surface area contributed by atoms with Crippen LogP contribution in [0.5, 0.6) is 0 Å². The van der Waals surface area contributed by atoms with Gasteiger partial charge in [0.25, 0.3) is 0 Å². The summed E-state index contributed by atoms with van der Waals surface area (Å²) >= 11 is 1.96. The number of rotatable bonds is 6. The smallest absolute Gasteiger partial charge is 0.0371 e. The lowest BCUT2D eigenvalue weighted by atomic mass is 10.0.